The zero-order valence-corrected chi connectivity index (χ0v) is 31.0. The van der Waals surface area contributed by atoms with Crippen LogP contribution in [0.5, 0.6) is 23.0 Å². The van der Waals surface area contributed by atoms with Gasteiger partial charge in [0.2, 0.25) is 5.91 Å². The number of anilines is 1. The Labute approximate surface area is 314 Å². The van der Waals surface area contributed by atoms with Crippen molar-refractivity contribution >= 4 is 27.5 Å². The fourth-order valence-electron chi connectivity index (χ4n) is 5.64. The minimum absolute atomic E-state index is 0.0562. The lowest BCUT2D eigenvalue weighted by molar-refractivity contribution is -0.142. The fourth-order valence-corrected chi connectivity index (χ4v) is 6.70. The Bertz CT molecular complexity index is 2100. The number of hydrogen-bond acceptors (Lipinski definition) is 8. The molecule has 0 radical (unpaired) electrons. The normalized spacial score (nSPS) is 11.6. The van der Waals surface area contributed by atoms with Gasteiger partial charge in [0.05, 0.1) is 26.2 Å². The lowest BCUT2D eigenvalue weighted by Crippen LogP contribution is -2.52. The monoisotopic (exact) mass is 755 g/mol. The predicted octanol–water partition coefficient (Wildman–Crippen LogP) is 6.03. The summed E-state index contributed by atoms with van der Waals surface area (Å²) in [5, 5.41) is 3.02. The summed E-state index contributed by atoms with van der Waals surface area (Å²) in [5.41, 5.74) is 2.76. The number of nitrogens with zero attached hydrogens (tertiary/aromatic N) is 1. The number of sulfonamides is 1. The van der Waals surface area contributed by atoms with Crippen molar-refractivity contribution in [2.75, 3.05) is 39.2 Å². The molecule has 0 heterocycles. The molecule has 2 N–H and O–H groups in total. The van der Waals surface area contributed by atoms with Crippen molar-refractivity contribution in [2.45, 2.75) is 30.3 Å². The van der Waals surface area contributed by atoms with Crippen LogP contribution in [0.3, 0.4) is 0 Å². The SMILES string of the molecule is COc1ccc(CN(C(=O)COc2ccc(S(=O)(=O)Nc3ccc(F)cc3)cc2)[C@H](Cc2ccccc2)C(=O)NCCc2ccc(OC)c(OC)c2)cc1. The summed E-state index contributed by atoms with van der Waals surface area (Å²) >= 11 is 0. The van der Waals surface area contributed by atoms with E-state index in [1.54, 1.807) is 39.5 Å². The van der Waals surface area contributed by atoms with Crippen molar-refractivity contribution < 1.29 is 41.3 Å². The van der Waals surface area contributed by atoms with Crippen LogP contribution in [0.15, 0.2) is 126 Å². The number of methoxy groups -OCH3 is 3. The van der Waals surface area contributed by atoms with Gasteiger partial charge in [-0.25, -0.2) is 12.8 Å². The van der Waals surface area contributed by atoms with Gasteiger partial charge in [0.15, 0.2) is 18.1 Å². The molecule has 5 aromatic rings. The van der Waals surface area contributed by atoms with E-state index in [1.165, 1.54) is 41.3 Å². The van der Waals surface area contributed by atoms with E-state index in [0.29, 0.717) is 30.2 Å². The summed E-state index contributed by atoms with van der Waals surface area (Å²) in [5.74, 6) is 0.774. The van der Waals surface area contributed by atoms with Crippen molar-refractivity contribution in [3.05, 3.63) is 144 Å². The summed E-state index contributed by atoms with van der Waals surface area (Å²) in [6.07, 6.45) is 0.739. The predicted molar refractivity (Wildman–Crippen MR) is 203 cm³/mol. The third-order valence-corrected chi connectivity index (χ3v) is 9.93. The first-order chi connectivity index (χ1) is 26.1. The van der Waals surface area contributed by atoms with Crippen molar-refractivity contribution in [3.63, 3.8) is 0 Å². The number of rotatable bonds is 18. The van der Waals surface area contributed by atoms with Gasteiger partial charge in [0.25, 0.3) is 15.9 Å². The van der Waals surface area contributed by atoms with Gasteiger partial charge in [-0.3, -0.25) is 14.3 Å². The number of halogens is 1. The van der Waals surface area contributed by atoms with Gasteiger partial charge in [-0.05, 0) is 95.9 Å². The number of carbonyl (C=O) groups is 2. The maximum absolute atomic E-state index is 14.1. The van der Waals surface area contributed by atoms with Crippen LogP contribution in [0.25, 0.3) is 0 Å². The van der Waals surface area contributed by atoms with E-state index in [1.807, 2.05) is 54.6 Å². The molecule has 0 spiro atoms. The second-order valence-electron chi connectivity index (χ2n) is 12.2. The number of benzene rings is 5. The van der Waals surface area contributed by atoms with E-state index in [9.17, 15) is 22.4 Å². The van der Waals surface area contributed by atoms with Crippen LogP contribution in [0.4, 0.5) is 10.1 Å². The van der Waals surface area contributed by atoms with Crippen LogP contribution in [0.2, 0.25) is 0 Å². The zero-order valence-electron chi connectivity index (χ0n) is 30.2. The van der Waals surface area contributed by atoms with E-state index >= 15 is 0 Å². The van der Waals surface area contributed by atoms with Crippen LogP contribution in [0.1, 0.15) is 16.7 Å². The minimum Gasteiger partial charge on any atom is -0.497 e. The number of ether oxygens (including phenoxy) is 4. The Morgan fingerprint density at radius 3 is 2.02 bits per heavy atom. The number of amides is 2. The standard InChI is InChI=1S/C41H42FN3O8S/c1-50-34-16-9-31(10-17-34)27-45(40(46)28-53-35-18-20-36(21-19-35)54(48,49)44-33-14-12-32(42)13-15-33)37(25-29-7-5-4-6-8-29)41(47)43-24-23-30-11-22-38(51-2)39(26-30)52-3/h4-22,26,37,44H,23-25,27-28H2,1-3H3,(H,43,47)/t37-/m1/s1. The molecule has 0 aliphatic rings. The smallest absolute Gasteiger partial charge is 0.261 e. The molecule has 2 amide bonds. The molecule has 0 aliphatic carbocycles. The van der Waals surface area contributed by atoms with Gasteiger partial charge < -0.3 is 29.2 Å². The minimum atomic E-state index is -3.98. The highest BCUT2D eigenvalue weighted by molar-refractivity contribution is 7.92. The summed E-state index contributed by atoms with van der Waals surface area (Å²) in [4.78, 5) is 29.6. The largest absolute Gasteiger partial charge is 0.497 e. The van der Waals surface area contributed by atoms with E-state index in [4.69, 9.17) is 18.9 Å². The Kier molecular flexibility index (Phi) is 13.5. The molecule has 54 heavy (non-hydrogen) atoms. The van der Waals surface area contributed by atoms with Crippen molar-refractivity contribution in [1.29, 1.82) is 0 Å². The highest BCUT2D eigenvalue weighted by atomic mass is 32.2. The lowest BCUT2D eigenvalue weighted by atomic mass is 10.0. The first-order valence-electron chi connectivity index (χ1n) is 17.0. The summed E-state index contributed by atoms with van der Waals surface area (Å²) < 4.78 is 63.4. The van der Waals surface area contributed by atoms with E-state index in [2.05, 4.69) is 10.0 Å². The third-order valence-electron chi connectivity index (χ3n) is 8.54. The second kappa shape index (κ2) is 18.6. The van der Waals surface area contributed by atoms with Crippen molar-refractivity contribution in [1.82, 2.24) is 10.2 Å². The van der Waals surface area contributed by atoms with Crippen LogP contribution < -0.4 is 29.0 Å². The van der Waals surface area contributed by atoms with Crippen molar-refractivity contribution in [3.8, 4) is 23.0 Å². The van der Waals surface area contributed by atoms with Gasteiger partial charge in [0.1, 0.15) is 23.4 Å². The quantitative estimate of drug-likeness (QED) is 0.111. The fraction of sp³-hybridized carbons (Fsp3) is 0.220. The molecule has 0 aliphatic heterocycles. The Morgan fingerprint density at radius 1 is 0.722 bits per heavy atom. The Balaban J connectivity index is 1.34. The molecule has 11 nitrogen and oxygen atoms in total. The average molecular weight is 756 g/mol. The molecule has 0 bridgehead atoms. The topological polar surface area (TPSA) is 132 Å². The molecule has 5 rings (SSSR count). The van der Waals surface area contributed by atoms with Gasteiger partial charge in [-0.1, -0.05) is 48.5 Å². The molecule has 282 valence electrons. The van der Waals surface area contributed by atoms with E-state index in [-0.39, 0.29) is 35.2 Å². The molecule has 1 atom stereocenters. The maximum atomic E-state index is 14.1. The number of hydrogen-bond donors (Lipinski definition) is 2. The van der Waals surface area contributed by atoms with E-state index in [0.717, 1.165) is 28.8 Å². The van der Waals surface area contributed by atoms with Crippen LogP contribution in [-0.2, 0) is 39.0 Å². The molecule has 0 fully saturated rings. The lowest BCUT2D eigenvalue weighted by Gasteiger charge is -2.31. The maximum Gasteiger partial charge on any atom is 0.261 e. The summed E-state index contributed by atoms with van der Waals surface area (Å²) in [6.45, 7) is -0.0364. The van der Waals surface area contributed by atoms with Crippen LogP contribution in [0, 0.1) is 5.82 Å². The highest BCUT2D eigenvalue weighted by Crippen LogP contribution is 2.28. The molecule has 0 unspecified atom stereocenters. The average Bonchev–Trinajstić information content (AvgIpc) is 3.19. The zero-order chi connectivity index (χ0) is 38.5. The van der Waals surface area contributed by atoms with Crippen LogP contribution in [-0.4, -0.2) is 65.7 Å². The van der Waals surface area contributed by atoms with Gasteiger partial charge in [0, 0.05) is 25.2 Å². The van der Waals surface area contributed by atoms with Gasteiger partial charge in [-0.15, -0.1) is 0 Å². The molecule has 0 saturated heterocycles. The molecular formula is C41H42FN3O8S. The second-order valence-corrected chi connectivity index (χ2v) is 13.9. The molecule has 13 heteroatoms. The molecular weight excluding hydrogens is 714 g/mol. The first-order valence-corrected chi connectivity index (χ1v) is 18.5. The van der Waals surface area contributed by atoms with E-state index < -0.39 is 34.4 Å². The Hall–Kier alpha value is -6.08. The van der Waals surface area contributed by atoms with Crippen molar-refractivity contribution in [2.24, 2.45) is 0 Å². The molecule has 0 aromatic heterocycles. The molecule has 0 saturated carbocycles. The summed E-state index contributed by atoms with van der Waals surface area (Å²) in [7, 11) is 0.710. The Morgan fingerprint density at radius 2 is 1.37 bits per heavy atom. The first kappa shape index (κ1) is 39.1. The third kappa shape index (κ3) is 10.7. The molecule has 5 aromatic carbocycles. The van der Waals surface area contributed by atoms with Crippen LogP contribution >= 0.6 is 0 Å². The highest BCUT2D eigenvalue weighted by Gasteiger charge is 2.31. The van der Waals surface area contributed by atoms with Gasteiger partial charge in [-0.2, -0.15) is 0 Å². The number of carbonyl (C=O) groups excluding carboxylic acids is 2. The number of nitrogens with one attached hydrogen (secondary N) is 2. The van der Waals surface area contributed by atoms with Gasteiger partial charge >= 0.3 is 0 Å². The summed E-state index contributed by atoms with van der Waals surface area (Å²) in [6, 6.07) is 31.8.